The van der Waals surface area contributed by atoms with Gasteiger partial charge >= 0.3 is 6.03 Å². The molecule has 0 aliphatic heterocycles. The second-order valence-electron chi connectivity index (χ2n) is 4.92. The van der Waals surface area contributed by atoms with Gasteiger partial charge in [-0.2, -0.15) is 0 Å². The molecule has 0 saturated heterocycles. The average Bonchev–Trinajstić information content (AvgIpc) is 2.35. The quantitative estimate of drug-likeness (QED) is 0.738. The lowest BCUT2D eigenvalue weighted by Gasteiger charge is -2.36. The summed E-state index contributed by atoms with van der Waals surface area (Å²) in [6, 6.07) is 9.82. The lowest BCUT2D eigenvalue weighted by molar-refractivity contribution is -0.0290. The van der Waals surface area contributed by atoms with E-state index < -0.39 is 5.60 Å². The molecule has 3 N–H and O–H groups in total. The number of carbonyl (C=O) groups is 1. The Morgan fingerprint density at radius 1 is 1.22 bits per heavy atom. The fourth-order valence-electron chi connectivity index (χ4n) is 2.03. The Bertz CT molecular complexity index is 388. The van der Waals surface area contributed by atoms with Crippen LogP contribution in [0.4, 0.5) is 4.79 Å². The molecular formula is C14H20N2O2. The standard InChI is InChI=1S/C14H20N2O2/c17-13(16-11-14(18)8-4-9-14)15-10-7-12-5-2-1-3-6-12/h1-3,5-6,18H,4,7-11H2,(H2,15,16,17). The molecule has 0 aromatic heterocycles. The highest BCUT2D eigenvalue weighted by atomic mass is 16.3. The van der Waals surface area contributed by atoms with Gasteiger partial charge in [0.2, 0.25) is 0 Å². The van der Waals surface area contributed by atoms with Crippen molar-refractivity contribution in [2.75, 3.05) is 13.1 Å². The van der Waals surface area contributed by atoms with E-state index in [1.54, 1.807) is 0 Å². The van der Waals surface area contributed by atoms with E-state index in [2.05, 4.69) is 10.6 Å². The third-order valence-electron chi connectivity index (χ3n) is 3.40. The molecule has 1 aliphatic rings. The molecule has 4 nitrogen and oxygen atoms in total. The number of aliphatic hydroxyl groups is 1. The zero-order chi connectivity index (χ0) is 12.8. The number of amides is 2. The molecule has 1 aromatic rings. The van der Waals surface area contributed by atoms with Crippen LogP contribution >= 0.6 is 0 Å². The molecule has 0 spiro atoms. The first-order valence-corrected chi connectivity index (χ1v) is 6.46. The van der Waals surface area contributed by atoms with E-state index >= 15 is 0 Å². The van der Waals surface area contributed by atoms with E-state index in [-0.39, 0.29) is 6.03 Å². The number of rotatable bonds is 5. The van der Waals surface area contributed by atoms with Crippen molar-refractivity contribution in [3.05, 3.63) is 35.9 Å². The maximum Gasteiger partial charge on any atom is 0.314 e. The van der Waals surface area contributed by atoms with Gasteiger partial charge in [0.1, 0.15) is 0 Å². The third-order valence-corrected chi connectivity index (χ3v) is 3.40. The summed E-state index contributed by atoms with van der Waals surface area (Å²) in [6.45, 7) is 0.957. The zero-order valence-electron chi connectivity index (χ0n) is 10.5. The van der Waals surface area contributed by atoms with Crippen LogP contribution < -0.4 is 10.6 Å². The van der Waals surface area contributed by atoms with Crippen LogP contribution in [-0.4, -0.2) is 29.8 Å². The van der Waals surface area contributed by atoms with Crippen molar-refractivity contribution in [3.63, 3.8) is 0 Å². The second kappa shape index (κ2) is 5.87. The normalized spacial score (nSPS) is 16.7. The van der Waals surface area contributed by atoms with Crippen molar-refractivity contribution in [2.24, 2.45) is 0 Å². The van der Waals surface area contributed by atoms with Gasteiger partial charge in [-0.1, -0.05) is 30.3 Å². The number of hydrogen-bond donors (Lipinski definition) is 3. The second-order valence-corrected chi connectivity index (χ2v) is 4.92. The van der Waals surface area contributed by atoms with Gasteiger partial charge in [-0.15, -0.1) is 0 Å². The number of nitrogens with one attached hydrogen (secondary N) is 2. The molecule has 98 valence electrons. The molecule has 0 unspecified atom stereocenters. The maximum atomic E-state index is 11.5. The van der Waals surface area contributed by atoms with Crippen molar-refractivity contribution >= 4 is 6.03 Å². The molecule has 2 rings (SSSR count). The molecule has 1 aromatic carbocycles. The third kappa shape index (κ3) is 3.74. The van der Waals surface area contributed by atoms with Crippen LogP contribution in [-0.2, 0) is 6.42 Å². The Hall–Kier alpha value is -1.55. The van der Waals surface area contributed by atoms with E-state index in [9.17, 15) is 9.90 Å². The van der Waals surface area contributed by atoms with Crippen LogP contribution in [0.25, 0.3) is 0 Å². The summed E-state index contributed by atoms with van der Waals surface area (Å²) >= 11 is 0. The largest absolute Gasteiger partial charge is 0.388 e. The summed E-state index contributed by atoms with van der Waals surface area (Å²) < 4.78 is 0. The lowest BCUT2D eigenvalue weighted by atomic mass is 9.80. The number of urea groups is 1. The zero-order valence-corrected chi connectivity index (χ0v) is 10.5. The van der Waals surface area contributed by atoms with Crippen LogP contribution in [0.3, 0.4) is 0 Å². The summed E-state index contributed by atoms with van der Waals surface area (Å²) in [5, 5.41) is 15.3. The van der Waals surface area contributed by atoms with Crippen LogP contribution in [0, 0.1) is 0 Å². The van der Waals surface area contributed by atoms with Gasteiger partial charge in [-0.3, -0.25) is 0 Å². The van der Waals surface area contributed by atoms with Crippen molar-refractivity contribution < 1.29 is 9.90 Å². The van der Waals surface area contributed by atoms with Crippen LogP contribution in [0.2, 0.25) is 0 Å². The molecule has 4 heteroatoms. The smallest absolute Gasteiger partial charge is 0.314 e. The average molecular weight is 248 g/mol. The molecule has 18 heavy (non-hydrogen) atoms. The summed E-state index contributed by atoms with van der Waals surface area (Å²) in [6.07, 6.45) is 3.45. The summed E-state index contributed by atoms with van der Waals surface area (Å²) in [5.41, 5.74) is 0.548. The van der Waals surface area contributed by atoms with E-state index in [4.69, 9.17) is 0 Å². The fraction of sp³-hybridized carbons (Fsp3) is 0.500. The fourth-order valence-corrected chi connectivity index (χ4v) is 2.03. The van der Waals surface area contributed by atoms with Gasteiger partial charge in [0.25, 0.3) is 0 Å². The summed E-state index contributed by atoms with van der Waals surface area (Å²) in [4.78, 5) is 11.5. The van der Waals surface area contributed by atoms with E-state index in [1.807, 2.05) is 30.3 Å². The Labute approximate surface area is 107 Å². The van der Waals surface area contributed by atoms with Gasteiger partial charge in [-0.25, -0.2) is 4.79 Å². The van der Waals surface area contributed by atoms with Gasteiger partial charge in [0.15, 0.2) is 0 Å². The van der Waals surface area contributed by atoms with Gasteiger partial charge in [-0.05, 0) is 31.2 Å². The molecule has 2 amide bonds. The van der Waals surface area contributed by atoms with Crippen LogP contribution in [0.5, 0.6) is 0 Å². The summed E-state index contributed by atoms with van der Waals surface area (Å²) in [5.74, 6) is 0. The monoisotopic (exact) mass is 248 g/mol. The van der Waals surface area contributed by atoms with Crippen molar-refractivity contribution in [1.29, 1.82) is 0 Å². The Morgan fingerprint density at radius 2 is 1.94 bits per heavy atom. The van der Waals surface area contributed by atoms with Crippen molar-refractivity contribution in [1.82, 2.24) is 10.6 Å². The van der Waals surface area contributed by atoms with Crippen LogP contribution in [0.15, 0.2) is 30.3 Å². The molecular weight excluding hydrogens is 228 g/mol. The maximum absolute atomic E-state index is 11.5. The van der Waals surface area contributed by atoms with E-state index in [1.165, 1.54) is 5.56 Å². The topological polar surface area (TPSA) is 61.4 Å². The van der Waals surface area contributed by atoms with Crippen molar-refractivity contribution in [2.45, 2.75) is 31.3 Å². The highest BCUT2D eigenvalue weighted by Gasteiger charge is 2.34. The van der Waals surface area contributed by atoms with Gasteiger partial charge in [0.05, 0.1) is 5.60 Å². The van der Waals surface area contributed by atoms with Gasteiger partial charge in [0, 0.05) is 13.1 Å². The number of benzene rings is 1. The Balaban J connectivity index is 1.60. The van der Waals surface area contributed by atoms with E-state index in [0.717, 1.165) is 25.7 Å². The van der Waals surface area contributed by atoms with Gasteiger partial charge < -0.3 is 15.7 Å². The van der Waals surface area contributed by atoms with Crippen LogP contribution in [0.1, 0.15) is 24.8 Å². The first kappa shape index (κ1) is 12.9. The highest BCUT2D eigenvalue weighted by molar-refractivity contribution is 5.73. The minimum absolute atomic E-state index is 0.203. The predicted octanol–water partition coefficient (Wildman–Crippen LogP) is 1.44. The first-order valence-electron chi connectivity index (χ1n) is 6.46. The summed E-state index contributed by atoms with van der Waals surface area (Å²) in [7, 11) is 0. The molecule has 0 radical (unpaired) electrons. The Morgan fingerprint density at radius 3 is 2.56 bits per heavy atom. The SMILES string of the molecule is O=C(NCCc1ccccc1)NCC1(O)CCC1. The molecule has 1 aliphatic carbocycles. The highest BCUT2D eigenvalue weighted by Crippen LogP contribution is 2.30. The Kier molecular flexibility index (Phi) is 4.20. The van der Waals surface area contributed by atoms with Crippen molar-refractivity contribution in [3.8, 4) is 0 Å². The molecule has 1 fully saturated rings. The molecule has 0 atom stereocenters. The lowest BCUT2D eigenvalue weighted by Crippen LogP contribution is -2.50. The predicted molar refractivity (Wildman–Crippen MR) is 70.3 cm³/mol. The minimum Gasteiger partial charge on any atom is -0.388 e. The van der Waals surface area contributed by atoms with E-state index in [0.29, 0.717) is 13.1 Å². The molecule has 0 heterocycles. The number of carbonyl (C=O) groups excluding carboxylic acids is 1. The molecule has 1 saturated carbocycles. The molecule has 0 bridgehead atoms. The first-order chi connectivity index (χ1) is 8.68. The minimum atomic E-state index is -0.656. The number of hydrogen-bond acceptors (Lipinski definition) is 2.